The molecule has 11 rings (SSSR count). The molecule has 0 N–H and O–H groups in total. The lowest BCUT2D eigenvalue weighted by atomic mass is 9.81. The maximum atomic E-state index is 2.45. The van der Waals surface area contributed by atoms with Crippen molar-refractivity contribution >= 4 is 45.6 Å². The lowest BCUT2D eigenvalue weighted by Gasteiger charge is -2.22. The van der Waals surface area contributed by atoms with Crippen molar-refractivity contribution < 1.29 is 0 Å². The Kier molecular flexibility index (Phi) is 9.29. The highest BCUT2D eigenvalue weighted by Gasteiger charge is 2.22. The Morgan fingerprint density at radius 2 is 0.452 bits per heavy atom. The van der Waals surface area contributed by atoms with E-state index in [2.05, 4.69) is 244 Å². The first-order valence-electron chi connectivity index (χ1n) is 21.7. The van der Waals surface area contributed by atoms with Crippen LogP contribution in [0, 0.1) is 0 Å². The van der Waals surface area contributed by atoms with Crippen molar-refractivity contribution in [2.24, 2.45) is 0 Å². The van der Waals surface area contributed by atoms with Gasteiger partial charge in [0.25, 0.3) is 0 Å². The Hall–Kier alpha value is -7.32. The second-order valence-electron chi connectivity index (χ2n) is 17.7. The van der Waals surface area contributed by atoms with Crippen molar-refractivity contribution in [3.05, 3.63) is 224 Å². The third-order valence-corrected chi connectivity index (χ3v) is 14.9. The Balaban J connectivity index is 1.18. The summed E-state index contributed by atoms with van der Waals surface area (Å²) in [7, 11) is -1.48. The van der Waals surface area contributed by atoms with Crippen molar-refractivity contribution in [3.8, 4) is 77.9 Å². The third kappa shape index (κ3) is 6.72. The fourth-order valence-electron chi connectivity index (χ4n) is 9.52. The highest BCUT2D eigenvalue weighted by Crippen LogP contribution is 2.49. The Morgan fingerprint density at radius 3 is 0.710 bits per heavy atom. The molecule has 11 aromatic carbocycles. The zero-order valence-corrected chi connectivity index (χ0v) is 36.4. The minimum atomic E-state index is -1.48. The lowest BCUT2D eigenvalue weighted by molar-refractivity contribution is 1.59. The molecule has 0 spiro atoms. The molecular weight excluding hydrogens is 761 g/mol. The van der Waals surface area contributed by atoms with Crippen molar-refractivity contribution in [3.63, 3.8) is 0 Å². The van der Waals surface area contributed by atoms with E-state index in [9.17, 15) is 0 Å². The SMILES string of the molecule is C[Si](C)(C)c1ccc(-c2cc(-c3ccc(-c4ccccc4)cc3)c3ccc4c(-c5ccc(-c6ccccc6)cc5)cc(-c5ccc(-c6ccccc6)cc5)c5ccc2c3c45)cc1. The summed E-state index contributed by atoms with van der Waals surface area (Å²) in [5.41, 5.74) is 17.2. The van der Waals surface area contributed by atoms with E-state index in [0.717, 1.165) is 0 Å². The fourth-order valence-corrected chi connectivity index (χ4v) is 10.7. The molecule has 0 saturated carbocycles. The molecule has 0 heterocycles. The van der Waals surface area contributed by atoms with Crippen LogP contribution in [-0.4, -0.2) is 8.07 Å². The summed E-state index contributed by atoms with van der Waals surface area (Å²) in [5, 5.41) is 9.20. The van der Waals surface area contributed by atoms with Gasteiger partial charge in [-0.1, -0.05) is 237 Å². The molecule has 0 radical (unpaired) electrons. The molecule has 11 aromatic rings. The van der Waals surface area contributed by atoms with E-state index in [1.54, 1.807) is 0 Å². The molecule has 0 bridgehead atoms. The fraction of sp³-hybridized carbons (Fsp3) is 0.0492. The Labute approximate surface area is 365 Å². The van der Waals surface area contributed by atoms with Crippen molar-refractivity contribution in [1.82, 2.24) is 0 Å². The predicted molar refractivity (Wildman–Crippen MR) is 271 cm³/mol. The molecule has 294 valence electrons. The van der Waals surface area contributed by atoms with E-state index in [0.29, 0.717) is 0 Å². The van der Waals surface area contributed by atoms with E-state index < -0.39 is 8.07 Å². The largest absolute Gasteiger partial charge is 0.0775 e. The molecule has 0 saturated heterocycles. The summed E-state index contributed by atoms with van der Waals surface area (Å²) in [4.78, 5) is 0. The standard InChI is InChI=1S/C61H46Si/c1-62(2,3)51-33-31-50(32-34-51)59-40-58(49-29-23-46(24-30-49)43-17-11-6-12-18-43)54-36-35-52-56(47-25-19-44(20-26-47)41-13-7-4-8-14-41)39-57(53-37-38-55(59)61(54)60(52)53)48-27-21-45(22-28-48)42-15-9-5-10-16-42/h4-40H,1-3H3. The van der Waals surface area contributed by atoms with Crippen LogP contribution in [0.15, 0.2) is 224 Å². The van der Waals surface area contributed by atoms with Crippen LogP contribution >= 0.6 is 0 Å². The molecule has 0 atom stereocenters. The summed E-state index contributed by atoms with van der Waals surface area (Å²) in [5.74, 6) is 0. The van der Waals surface area contributed by atoms with Crippen LogP contribution in [0.1, 0.15) is 0 Å². The number of hydrogen-bond donors (Lipinski definition) is 0. The second-order valence-corrected chi connectivity index (χ2v) is 22.7. The molecule has 0 nitrogen and oxygen atoms in total. The van der Waals surface area contributed by atoms with Gasteiger partial charge in [-0.15, -0.1) is 0 Å². The highest BCUT2D eigenvalue weighted by atomic mass is 28.3. The van der Waals surface area contributed by atoms with Crippen LogP contribution in [0.3, 0.4) is 0 Å². The first kappa shape index (κ1) is 37.7. The average Bonchev–Trinajstić information content (AvgIpc) is 3.34. The van der Waals surface area contributed by atoms with Crippen molar-refractivity contribution in [2.75, 3.05) is 0 Å². The molecule has 0 aromatic heterocycles. The molecule has 0 fully saturated rings. The predicted octanol–water partition coefficient (Wildman–Crippen LogP) is 16.8. The zero-order chi connectivity index (χ0) is 41.8. The van der Waals surface area contributed by atoms with Gasteiger partial charge in [-0.25, -0.2) is 0 Å². The van der Waals surface area contributed by atoms with Crippen molar-refractivity contribution in [2.45, 2.75) is 19.6 Å². The zero-order valence-electron chi connectivity index (χ0n) is 35.4. The van der Waals surface area contributed by atoms with E-state index in [-0.39, 0.29) is 0 Å². The quantitative estimate of drug-likeness (QED) is 0.106. The smallest absolute Gasteiger partial charge is 0.0656 e. The molecule has 62 heavy (non-hydrogen) atoms. The Bertz CT molecular complexity index is 3240. The van der Waals surface area contributed by atoms with Crippen LogP contribution in [0.25, 0.3) is 110 Å². The number of rotatable bonds is 8. The lowest BCUT2D eigenvalue weighted by Crippen LogP contribution is -2.37. The van der Waals surface area contributed by atoms with Gasteiger partial charge >= 0.3 is 0 Å². The van der Waals surface area contributed by atoms with Gasteiger partial charge in [0.15, 0.2) is 0 Å². The van der Waals surface area contributed by atoms with Crippen molar-refractivity contribution in [1.29, 1.82) is 0 Å². The van der Waals surface area contributed by atoms with E-state index >= 15 is 0 Å². The van der Waals surface area contributed by atoms with Crippen LogP contribution in [-0.2, 0) is 0 Å². The third-order valence-electron chi connectivity index (χ3n) is 12.9. The summed E-state index contributed by atoms with van der Waals surface area (Å²) >= 11 is 0. The second kappa shape index (κ2) is 15.3. The molecule has 0 amide bonds. The number of hydrogen-bond acceptors (Lipinski definition) is 0. The molecule has 0 aliphatic carbocycles. The van der Waals surface area contributed by atoms with Gasteiger partial charge in [0.2, 0.25) is 0 Å². The van der Waals surface area contributed by atoms with Gasteiger partial charge in [-0.2, -0.15) is 0 Å². The first-order valence-corrected chi connectivity index (χ1v) is 25.2. The van der Waals surface area contributed by atoms with Gasteiger partial charge in [0.05, 0.1) is 8.07 Å². The molecule has 0 aliphatic rings. The monoisotopic (exact) mass is 806 g/mol. The topological polar surface area (TPSA) is 0 Å². The van der Waals surface area contributed by atoms with Gasteiger partial charge in [-0.05, 0) is 122 Å². The molecular formula is C61H46Si. The average molecular weight is 807 g/mol. The summed E-state index contributed by atoms with van der Waals surface area (Å²) in [6, 6.07) is 83.5. The number of benzene rings is 11. The van der Waals surface area contributed by atoms with E-state index in [4.69, 9.17) is 0 Å². The van der Waals surface area contributed by atoms with Crippen LogP contribution < -0.4 is 5.19 Å². The van der Waals surface area contributed by atoms with Crippen LogP contribution in [0.2, 0.25) is 19.6 Å². The normalized spacial score (nSPS) is 11.8. The Morgan fingerprint density at radius 1 is 0.226 bits per heavy atom. The van der Waals surface area contributed by atoms with Gasteiger partial charge in [0.1, 0.15) is 0 Å². The van der Waals surface area contributed by atoms with Crippen LogP contribution in [0.4, 0.5) is 0 Å². The maximum Gasteiger partial charge on any atom is 0.0775 e. The summed E-state index contributed by atoms with van der Waals surface area (Å²) in [6.07, 6.45) is 0. The minimum absolute atomic E-state index is 1.21. The minimum Gasteiger partial charge on any atom is -0.0656 e. The van der Waals surface area contributed by atoms with E-state index in [1.807, 2.05) is 0 Å². The highest BCUT2D eigenvalue weighted by molar-refractivity contribution is 6.88. The van der Waals surface area contributed by atoms with Gasteiger partial charge in [0, 0.05) is 0 Å². The summed E-state index contributed by atoms with van der Waals surface area (Å²) < 4.78 is 0. The first-order chi connectivity index (χ1) is 30.4. The summed E-state index contributed by atoms with van der Waals surface area (Å²) in [6.45, 7) is 7.28. The molecule has 0 aliphatic heterocycles. The molecule has 1 heteroatoms. The van der Waals surface area contributed by atoms with Crippen LogP contribution in [0.5, 0.6) is 0 Å². The van der Waals surface area contributed by atoms with E-state index in [1.165, 1.54) is 115 Å². The van der Waals surface area contributed by atoms with Gasteiger partial charge < -0.3 is 0 Å². The molecule has 0 unspecified atom stereocenters. The maximum absolute atomic E-state index is 2.45. The van der Waals surface area contributed by atoms with Gasteiger partial charge in [-0.3, -0.25) is 0 Å².